The maximum absolute atomic E-state index is 5.41. The number of hydrogen-bond donors (Lipinski definition) is 0. The van der Waals surface area contributed by atoms with E-state index in [1.54, 1.807) is 14.2 Å². The van der Waals surface area contributed by atoms with E-state index in [1.165, 1.54) is 5.56 Å². The van der Waals surface area contributed by atoms with Crippen LogP contribution in [0.3, 0.4) is 0 Å². The largest absolute Gasteiger partial charge is 0.497 e. The quantitative estimate of drug-likeness (QED) is 0.746. The molecule has 0 fully saturated rings. The number of methoxy groups -OCH3 is 2. The molecule has 0 radical (unpaired) electrons. The first kappa shape index (κ1) is 14.9. The van der Waals surface area contributed by atoms with E-state index < -0.39 is 0 Å². The van der Waals surface area contributed by atoms with Crippen molar-refractivity contribution >= 4 is 15.9 Å². The number of ether oxygens (including phenoxy) is 2. The third-order valence-electron chi connectivity index (χ3n) is 3.15. The van der Waals surface area contributed by atoms with Gasteiger partial charge in [0.2, 0.25) is 0 Å². The van der Waals surface area contributed by atoms with Crippen molar-refractivity contribution in [3.8, 4) is 11.5 Å². The molecule has 1 aromatic carbocycles. The van der Waals surface area contributed by atoms with E-state index in [0.29, 0.717) is 0 Å². The lowest BCUT2D eigenvalue weighted by atomic mass is 10.1. The average molecular weight is 336 g/mol. The predicted octanol–water partition coefficient (Wildman–Crippen LogP) is 4.04. The summed E-state index contributed by atoms with van der Waals surface area (Å²) in [6.07, 6.45) is 2.95. The van der Waals surface area contributed by atoms with Gasteiger partial charge >= 0.3 is 0 Å². The van der Waals surface area contributed by atoms with Gasteiger partial charge in [-0.05, 0) is 59.0 Å². The van der Waals surface area contributed by atoms with Crippen molar-refractivity contribution < 1.29 is 9.47 Å². The number of hydrogen-bond acceptors (Lipinski definition) is 3. The molecule has 4 heteroatoms. The van der Waals surface area contributed by atoms with Crippen molar-refractivity contribution in [1.82, 2.24) is 4.98 Å². The highest BCUT2D eigenvalue weighted by Crippen LogP contribution is 2.25. The molecule has 106 valence electrons. The Labute approximate surface area is 128 Å². The number of pyridine rings is 1. The van der Waals surface area contributed by atoms with Crippen molar-refractivity contribution in [2.45, 2.75) is 19.3 Å². The zero-order chi connectivity index (χ0) is 14.4. The molecule has 0 saturated heterocycles. The summed E-state index contributed by atoms with van der Waals surface area (Å²) >= 11 is 3.39. The molecular weight excluding hydrogens is 318 g/mol. The zero-order valence-electron chi connectivity index (χ0n) is 11.7. The Morgan fingerprint density at radius 1 is 1.05 bits per heavy atom. The second-order valence-corrected chi connectivity index (χ2v) is 5.30. The number of halogens is 1. The summed E-state index contributed by atoms with van der Waals surface area (Å²) < 4.78 is 11.5. The minimum atomic E-state index is 0.819. The molecule has 0 aliphatic heterocycles. The normalized spacial score (nSPS) is 10.3. The first-order chi connectivity index (χ1) is 9.72. The molecule has 2 aromatic rings. The molecule has 1 heterocycles. The molecule has 20 heavy (non-hydrogen) atoms. The molecule has 0 bridgehead atoms. The highest BCUT2D eigenvalue weighted by Gasteiger charge is 2.05. The zero-order valence-corrected chi connectivity index (χ0v) is 13.3. The molecule has 1 aromatic heterocycles. The van der Waals surface area contributed by atoms with Gasteiger partial charge in [-0.25, -0.2) is 4.98 Å². The Hall–Kier alpha value is -1.55. The number of aromatic nitrogens is 1. The summed E-state index contributed by atoms with van der Waals surface area (Å²) in [4.78, 5) is 4.44. The van der Waals surface area contributed by atoms with Crippen LogP contribution in [0.15, 0.2) is 41.0 Å². The summed E-state index contributed by atoms with van der Waals surface area (Å²) in [7, 11) is 3.35. The Bertz CT molecular complexity index is 572. The highest BCUT2D eigenvalue weighted by molar-refractivity contribution is 9.10. The lowest BCUT2D eigenvalue weighted by Gasteiger charge is -2.10. The number of nitrogens with zero attached hydrogens (tertiary/aromatic N) is 1. The molecule has 0 spiro atoms. The van der Waals surface area contributed by atoms with E-state index in [9.17, 15) is 0 Å². The van der Waals surface area contributed by atoms with Crippen LogP contribution in [0, 0.1) is 0 Å². The van der Waals surface area contributed by atoms with E-state index in [0.717, 1.165) is 41.1 Å². The standard InChI is InChI=1S/C16H18BrNO2/c1-19-14-10-9-12(15(11-14)20-2)5-3-6-13-7-4-8-16(17)18-13/h4,7-11H,3,5-6H2,1-2H3. The van der Waals surface area contributed by atoms with Crippen LogP contribution in [0.2, 0.25) is 0 Å². The third-order valence-corrected chi connectivity index (χ3v) is 3.59. The Balaban J connectivity index is 1.97. The highest BCUT2D eigenvalue weighted by atomic mass is 79.9. The van der Waals surface area contributed by atoms with Gasteiger partial charge in [0.1, 0.15) is 16.1 Å². The lowest BCUT2D eigenvalue weighted by molar-refractivity contribution is 0.390. The number of rotatable bonds is 6. The molecular formula is C16H18BrNO2. The number of aryl methyl sites for hydroxylation is 2. The second kappa shape index (κ2) is 7.29. The fourth-order valence-electron chi connectivity index (χ4n) is 2.11. The SMILES string of the molecule is COc1ccc(CCCc2cccc(Br)n2)c(OC)c1. The van der Waals surface area contributed by atoms with Crippen LogP contribution in [0.5, 0.6) is 11.5 Å². The summed E-state index contributed by atoms with van der Waals surface area (Å²) in [5.74, 6) is 1.70. The minimum Gasteiger partial charge on any atom is -0.497 e. The van der Waals surface area contributed by atoms with Gasteiger partial charge in [0.25, 0.3) is 0 Å². The minimum absolute atomic E-state index is 0.819. The second-order valence-electron chi connectivity index (χ2n) is 4.48. The van der Waals surface area contributed by atoms with E-state index in [1.807, 2.05) is 24.3 Å². The molecule has 0 N–H and O–H groups in total. The van der Waals surface area contributed by atoms with Crippen molar-refractivity contribution in [2.75, 3.05) is 14.2 Å². The Morgan fingerprint density at radius 3 is 2.60 bits per heavy atom. The first-order valence-corrected chi connectivity index (χ1v) is 7.34. The predicted molar refractivity (Wildman–Crippen MR) is 83.5 cm³/mol. The van der Waals surface area contributed by atoms with Crippen molar-refractivity contribution in [3.05, 3.63) is 52.3 Å². The van der Waals surface area contributed by atoms with E-state index >= 15 is 0 Å². The molecule has 2 rings (SSSR count). The first-order valence-electron chi connectivity index (χ1n) is 6.55. The molecule has 0 saturated carbocycles. The third kappa shape index (κ3) is 3.97. The number of benzene rings is 1. The topological polar surface area (TPSA) is 31.4 Å². The monoisotopic (exact) mass is 335 g/mol. The van der Waals surface area contributed by atoms with Crippen molar-refractivity contribution in [3.63, 3.8) is 0 Å². The molecule has 0 aliphatic carbocycles. The van der Waals surface area contributed by atoms with Crippen LogP contribution in [0.25, 0.3) is 0 Å². The fraction of sp³-hybridized carbons (Fsp3) is 0.312. The lowest BCUT2D eigenvalue weighted by Crippen LogP contribution is -1.96. The van der Waals surface area contributed by atoms with Gasteiger partial charge in [-0.1, -0.05) is 12.1 Å². The van der Waals surface area contributed by atoms with Crippen LogP contribution >= 0.6 is 15.9 Å². The van der Waals surface area contributed by atoms with Gasteiger partial charge in [-0.3, -0.25) is 0 Å². The van der Waals surface area contributed by atoms with Gasteiger partial charge in [0.05, 0.1) is 14.2 Å². The van der Waals surface area contributed by atoms with Crippen molar-refractivity contribution in [1.29, 1.82) is 0 Å². The van der Waals surface area contributed by atoms with Gasteiger partial charge in [0.15, 0.2) is 0 Å². The van der Waals surface area contributed by atoms with E-state index in [2.05, 4.69) is 33.0 Å². The van der Waals surface area contributed by atoms with Gasteiger partial charge in [0, 0.05) is 11.8 Å². The van der Waals surface area contributed by atoms with E-state index in [4.69, 9.17) is 9.47 Å². The van der Waals surface area contributed by atoms with Crippen LogP contribution in [0.4, 0.5) is 0 Å². The smallest absolute Gasteiger partial charge is 0.125 e. The summed E-state index contributed by atoms with van der Waals surface area (Å²) in [5, 5.41) is 0. The molecule has 0 amide bonds. The maximum Gasteiger partial charge on any atom is 0.125 e. The Morgan fingerprint density at radius 2 is 1.90 bits per heavy atom. The summed E-state index contributed by atoms with van der Waals surface area (Å²) in [6, 6.07) is 12.0. The average Bonchev–Trinajstić information content (AvgIpc) is 2.47. The van der Waals surface area contributed by atoms with Gasteiger partial charge < -0.3 is 9.47 Å². The van der Waals surface area contributed by atoms with Gasteiger partial charge in [-0.2, -0.15) is 0 Å². The van der Waals surface area contributed by atoms with Crippen LogP contribution in [-0.2, 0) is 12.8 Å². The molecule has 0 atom stereocenters. The maximum atomic E-state index is 5.41. The Kier molecular flexibility index (Phi) is 5.41. The van der Waals surface area contributed by atoms with Crippen LogP contribution in [0.1, 0.15) is 17.7 Å². The van der Waals surface area contributed by atoms with Crippen molar-refractivity contribution in [2.24, 2.45) is 0 Å². The summed E-state index contributed by atoms with van der Waals surface area (Å²) in [5.41, 5.74) is 2.30. The molecule has 0 unspecified atom stereocenters. The van der Waals surface area contributed by atoms with Crippen LogP contribution < -0.4 is 9.47 Å². The van der Waals surface area contributed by atoms with Crippen LogP contribution in [-0.4, -0.2) is 19.2 Å². The molecule has 0 aliphatic rings. The molecule has 3 nitrogen and oxygen atoms in total. The fourth-order valence-corrected chi connectivity index (χ4v) is 2.49. The van der Waals surface area contributed by atoms with Gasteiger partial charge in [-0.15, -0.1) is 0 Å². The summed E-state index contributed by atoms with van der Waals surface area (Å²) in [6.45, 7) is 0. The van der Waals surface area contributed by atoms with E-state index in [-0.39, 0.29) is 0 Å².